The Kier molecular flexibility index (Phi) is 5.36. The molecule has 5 nitrogen and oxygen atoms in total. The molecule has 0 bridgehead atoms. The van der Waals surface area contributed by atoms with Gasteiger partial charge in [0, 0.05) is 11.4 Å². The minimum atomic E-state index is -0.871. The fraction of sp³-hybridized carbons (Fsp3) is 0.600. The number of hydrogen-bond acceptors (Lipinski definition) is 4. The van der Waals surface area contributed by atoms with Crippen LogP contribution in [0.2, 0.25) is 0 Å². The molecule has 2 heterocycles. The van der Waals surface area contributed by atoms with E-state index in [4.69, 9.17) is 5.11 Å². The second-order valence-corrected chi connectivity index (χ2v) is 6.42. The zero-order valence-corrected chi connectivity index (χ0v) is 13.3. The summed E-state index contributed by atoms with van der Waals surface area (Å²) in [5.41, 5.74) is 0. The third-order valence-electron chi connectivity index (χ3n) is 4.03. The van der Waals surface area contributed by atoms with Gasteiger partial charge in [0.15, 0.2) is 0 Å². The first kappa shape index (κ1) is 16.0. The molecule has 0 spiro atoms. The molecule has 1 aliphatic heterocycles. The maximum Gasteiger partial charge on any atom is 0.320 e. The number of carbonyl (C=O) groups excluding carboxylic acids is 1. The van der Waals surface area contributed by atoms with E-state index in [1.54, 1.807) is 23.3 Å². The number of aliphatic carboxylic acids is 1. The van der Waals surface area contributed by atoms with Crippen LogP contribution in [0.25, 0.3) is 0 Å². The van der Waals surface area contributed by atoms with Crippen LogP contribution in [0.4, 0.5) is 0 Å². The van der Waals surface area contributed by atoms with Crippen LogP contribution in [0.5, 0.6) is 0 Å². The Morgan fingerprint density at radius 3 is 2.90 bits per heavy atom. The Morgan fingerprint density at radius 2 is 2.33 bits per heavy atom. The van der Waals surface area contributed by atoms with E-state index in [-0.39, 0.29) is 18.5 Å². The van der Waals surface area contributed by atoms with Gasteiger partial charge in [0.05, 0.1) is 12.6 Å². The summed E-state index contributed by atoms with van der Waals surface area (Å²) in [4.78, 5) is 28.4. The average Bonchev–Trinajstić information content (AvgIpc) is 3.09. The molecule has 1 fully saturated rings. The monoisotopic (exact) mass is 310 g/mol. The number of thiophene rings is 1. The van der Waals surface area contributed by atoms with E-state index in [1.165, 1.54) is 4.88 Å². The van der Waals surface area contributed by atoms with E-state index < -0.39 is 12.0 Å². The normalized spacial score (nSPS) is 20.0. The van der Waals surface area contributed by atoms with Gasteiger partial charge >= 0.3 is 5.97 Å². The number of carboxylic acid groups (broad SMARTS) is 1. The zero-order valence-electron chi connectivity index (χ0n) is 12.5. The third kappa shape index (κ3) is 3.63. The molecule has 1 amide bonds. The van der Waals surface area contributed by atoms with E-state index in [1.807, 2.05) is 23.3 Å². The topological polar surface area (TPSA) is 60.9 Å². The number of likely N-dealkylation sites (tertiary alicyclic amines) is 1. The quantitative estimate of drug-likeness (QED) is 0.875. The van der Waals surface area contributed by atoms with Crippen molar-refractivity contribution < 1.29 is 14.7 Å². The van der Waals surface area contributed by atoms with Crippen LogP contribution in [0, 0.1) is 0 Å². The van der Waals surface area contributed by atoms with Crippen LogP contribution in [0.15, 0.2) is 17.5 Å². The summed E-state index contributed by atoms with van der Waals surface area (Å²) in [6, 6.07) is 3.63. The van der Waals surface area contributed by atoms with Crippen LogP contribution in [-0.2, 0) is 9.59 Å². The van der Waals surface area contributed by atoms with E-state index in [0.717, 1.165) is 19.4 Å². The molecule has 0 aliphatic carbocycles. The van der Waals surface area contributed by atoms with Crippen LogP contribution in [-0.4, -0.2) is 53.0 Å². The largest absolute Gasteiger partial charge is 0.480 e. The van der Waals surface area contributed by atoms with E-state index >= 15 is 0 Å². The van der Waals surface area contributed by atoms with Crippen molar-refractivity contribution in [3.63, 3.8) is 0 Å². The summed E-state index contributed by atoms with van der Waals surface area (Å²) in [6.07, 6.45) is 2.49. The fourth-order valence-corrected chi connectivity index (χ4v) is 3.80. The molecule has 0 aromatic carbocycles. The lowest BCUT2D eigenvalue weighted by molar-refractivity contribution is -0.144. The van der Waals surface area contributed by atoms with Gasteiger partial charge in [0.1, 0.15) is 6.04 Å². The van der Waals surface area contributed by atoms with Crippen molar-refractivity contribution >= 4 is 23.2 Å². The highest BCUT2D eigenvalue weighted by molar-refractivity contribution is 7.10. The summed E-state index contributed by atoms with van der Waals surface area (Å²) in [5.74, 6) is -0.850. The molecule has 2 rings (SSSR count). The summed E-state index contributed by atoms with van der Waals surface area (Å²) in [5, 5.41) is 11.2. The van der Waals surface area contributed by atoms with Crippen LogP contribution >= 0.6 is 11.3 Å². The molecule has 116 valence electrons. The highest BCUT2D eigenvalue weighted by Gasteiger charge is 2.32. The number of hydrogen-bond donors (Lipinski definition) is 1. The van der Waals surface area contributed by atoms with Crippen molar-refractivity contribution in [3.05, 3.63) is 22.4 Å². The highest BCUT2D eigenvalue weighted by Crippen LogP contribution is 2.34. The molecule has 1 aromatic rings. The van der Waals surface area contributed by atoms with E-state index in [0.29, 0.717) is 6.42 Å². The maximum absolute atomic E-state index is 12.5. The molecule has 2 unspecified atom stereocenters. The van der Waals surface area contributed by atoms with Crippen LogP contribution in [0.1, 0.15) is 37.1 Å². The van der Waals surface area contributed by atoms with E-state index in [9.17, 15) is 9.59 Å². The number of carbonyl (C=O) groups is 2. The molecule has 1 N–H and O–H groups in total. The number of likely N-dealkylation sites (N-methyl/N-ethyl adjacent to an activating group) is 1. The first-order valence-corrected chi connectivity index (χ1v) is 8.18. The molecular formula is C15H22N2O3S. The van der Waals surface area contributed by atoms with Gasteiger partial charge in [-0.1, -0.05) is 13.0 Å². The Balaban J connectivity index is 2.01. The number of carboxylic acids is 1. The summed E-state index contributed by atoms with van der Waals surface area (Å²) >= 11 is 1.67. The standard InChI is InChI=1S/C15H22N2O3S/c1-3-11(15(19)20)16(2)10-14(18)17-8-4-6-12(17)13-7-5-9-21-13/h5,7,9,11-12H,3-4,6,8,10H2,1-2H3,(H,19,20). The SMILES string of the molecule is CCC(C(=O)O)N(C)CC(=O)N1CCCC1c1cccs1. The van der Waals surface area contributed by atoms with Gasteiger partial charge in [-0.2, -0.15) is 0 Å². The summed E-state index contributed by atoms with van der Waals surface area (Å²) in [6.45, 7) is 2.75. The van der Waals surface area contributed by atoms with Crippen molar-refractivity contribution in [3.8, 4) is 0 Å². The van der Waals surface area contributed by atoms with Gasteiger partial charge in [-0.25, -0.2) is 0 Å². The Hall–Kier alpha value is -1.40. The minimum Gasteiger partial charge on any atom is -0.480 e. The fourth-order valence-electron chi connectivity index (χ4n) is 2.93. The third-order valence-corrected chi connectivity index (χ3v) is 5.01. The Morgan fingerprint density at radius 1 is 1.57 bits per heavy atom. The van der Waals surface area contributed by atoms with Gasteiger partial charge in [-0.15, -0.1) is 11.3 Å². The van der Waals surface area contributed by atoms with Crippen LogP contribution in [0.3, 0.4) is 0 Å². The van der Waals surface area contributed by atoms with Crippen molar-refractivity contribution in [2.24, 2.45) is 0 Å². The van der Waals surface area contributed by atoms with Gasteiger partial charge < -0.3 is 10.0 Å². The smallest absolute Gasteiger partial charge is 0.320 e. The average molecular weight is 310 g/mol. The van der Waals surface area contributed by atoms with Crippen LogP contribution < -0.4 is 0 Å². The second-order valence-electron chi connectivity index (χ2n) is 5.44. The molecule has 2 atom stereocenters. The Labute approximate surface area is 129 Å². The van der Waals surface area contributed by atoms with Crippen molar-refractivity contribution in [1.29, 1.82) is 0 Å². The first-order chi connectivity index (χ1) is 10.0. The van der Waals surface area contributed by atoms with E-state index in [2.05, 4.69) is 6.07 Å². The molecule has 1 aliphatic rings. The summed E-state index contributed by atoms with van der Waals surface area (Å²) in [7, 11) is 1.70. The lowest BCUT2D eigenvalue weighted by atomic mass is 10.2. The molecule has 0 radical (unpaired) electrons. The molecule has 21 heavy (non-hydrogen) atoms. The number of nitrogens with zero attached hydrogens (tertiary/aromatic N) is 2. The molecule has 0 saturated carbocycles. The van der Waals surface area contributed by atoms with Gasteiger partial charge in [0.2, 0.25) is 5.91 Å². The predicted octanol–water partition coefficient (Wildman–Crippen LogP) is 2.21. The molecule has 1 aromatic heterocycles. The van der Waals surface area contributed by atoms with Gasteiger partial charge in [-0.3, -0.25) is 14.5 Å². The number of amides is 1. The minimum absolute atomic E-state index is 0.0214. The second kappa shape index (κ2) is 7.04. The van der Waals surface area contributed by atoms with Crippen molar-refractivity contribution in [1.82, 2.24) is 9.80 Å². The first-order valence-electron chi connectivity index (χ1n) is 7.30. The van der Waals surface area contributed by atoms with Crippen molar-refractivity contribution in [2.75, 3.05) is 20.1 Å². The lowest BCUT2D eigenvalue weighted by Gasteiger charge is -2.28. The predicted molar refractivity (Wildman–Crippen MR) is 82.4 cm³/mol. The van der Waals surface area contributed by atoms with Gasteiger partial charge in [-0.05, 0) is 37.8 Å². The number of rotatable bonds is 6. The zero-order chi connectivity index (χ0) is 15.4. The molecular weight excluding hydrogens is 288 g/mol. The van der Waals surface area contributed by atoms with Crippen molar-refractivity contribution in [2.45, 2.75) is 38.3 Å². The lowest BCUT2D eigenvalue weighted by Crippen LogP contribution is -2.45. The molecule has 1 saturated heterocycles. The maximum atomic E-state index is 12.5. The van der Waals surface area contributed by atoms with Gasteiger partial charge in [0.25, 0.3) is 0 Å². The highest BCUT2D eigenvalue weighted by atomic mass is 32.1. The summed E-state index contributed by atoms with van der Waals surface area (Å²) < 4.78 is 0. The molecule has 6 heteroatoms. The Bertz CT molecular complexity index is 489.